The van der Waals surface area contributed by atoms with Crippen molar-refractivity contribution in [2.45, 2.75) is 38.8 Å². The first-order valence-electron chi connectivity index (χ1n) is 5.87. The molecule has 0 radical (unpaired) electrons. The van der Waals surface area contributed by atoms with Gasteiger partial charge in [0.25, 0.3) is 0 Å². The molecule has 0 bridgehead atoms. The van der Waals surface area contributed by atoms with E-state index in [1.54, 1.807) is 0 Å². The van der Waals surface area contributed by atoms with E-state index in [9.17, 15) is 9.59 Å². The molecule has 0 aromatic rings. The molecule has 2 N–H and O–H groups in total. The first-order chi connectivity index (χ1) is 8.00. The van der Waals surface area contributed by atoms with E-state index in [0.717, 1.165) is 24.3 Å². The summed E-state index contributed by atoms with van der Waals surface area (Å²) in [6, 6.07) is -0.200. The lowest BCUT2D eigenvalue weighted by Crippen LogP contribution is -2.50. The maximum absolute atomic E-state index is 11.9. The Kier molecular flexibility index (Phi) is 5.61. The molecule has 1 saturated heterocycles. The minimum absolute atomic E-state index is 0.109. The van der Waals surface area contributed by atoms with Gasteiger partial charge in [0.15, 0.2) is 0 Å². The summed E-state index contributed by atoms with van der Waals surface area (Å²) in [5.41, 5.74) is 0. The second-order valence-corrected chi connectivity index (χ2v) is 5.63. The van der Waals surface area contributed by atoms with Gasteiger partial charge in [0.05, 0.1) is 0 Å². The number of aliphatic carboxylic acids is 1. The van der Waals surface area contributed by atoms with Gasteiger partial charge in [-0.3, -0.25) is 4.79 Å². The number of amides is 2. The molecule has 0 aliphatic carbocycles. The SMILES string of the molecule is CC(C)N(CC(=O)O)C(=O)NC1CCCSC1. The van der Waals surface area contributed by atoms with Crippen molar-refractivity contribution >= 4 is 23.8 Å². The second kappa shape index (κ2) is 6.74. The molecular formula is C11H20N2O3S. The number of urea groups is 1. The number of nitrogens with zero attached hydrogens (tertiary/aromatic N) is 1. The van der Waals surface area contributed by atoms with Crippen molar-refractivity contribution in [3.05, 3.63) is 0 Å². The third-order valence-electron chi connectivity index (χ3n) is 2.68. The highest BCUT2D eigenvalue weighted by Crippen LogP contribution is 2.17. The van der Waals surface area contributed by atoms with Gasteiger partial charge in [-0.1, -0.05) is 0 Å². The van der Waals surface area contributed by atoms with E-state index in [1.807, 2.05) is 25.6 Å². The topological polar surface area (TPSA) is 69.6 Å². The number of carbonyl (C=O) groups is 2. The summed E-state index contributed by atoms with van der Waals surface area (Å²) < 4.78 is 0. The van der Waals surface area contributed by atoms with E-state index in [1.165, 1.54) is 4.90 Å². The fraction of sp³-hybridized carbons (Fsp3) is 0.818. The van der Waals surface area contributed by atoms with Crippen LogP contribution in [0.3, 0.4) is 0 Å². The Labute approximate surface area is 106 Å². The Morgan fingerprint density at radius 2 is 2.24 bits per heavy atom. The van der Waals surface area contributed by atoms with Crippen LogP contribution in [0.5, 0.6) is 0 Å². The van der Waals surface area contributed by atoms with Crippen LogP contribution in [0, 0.1) is 0 Å². The molecule has 6 heteroatoms. The average Bonchev–Trinajstić information content (AvgIpc) is 2.26. The fourth-order valence-corrected chi connectivity index (χ4v) is 2.82. The molecule has 5 nitrogen and oxygen atoms in total. The van der Waals surface area contributed by atoms with E-state index in [0.29, 0.717) is 0 Å². The van der Waals surface area contributed by atoms with Crippen LogP contribution in [0.25, 0.3) is 0 Å². The summed E-state index contributed by atoms with van der Waals surface area (Å²) in [4.78, 5) is 24.0. The van der Waals surface area contributed by atoms with Crippen LogP contribution in [-0.4, -0.2) is 52.1 Å². The third kappa shape index (κ3) is 4.85. The molecule has 0 aromatic carbocycles. The van der Waals surface area contributed by atoms with E-state index in [2.05, 4.69) is 5.32 Å². The Morgan fingerprint density at radius 1 is 1.53 bits per heavy atom. The maximum Gasteiger partial charge on any atom is 0.323 e. The van der Waals surface area contributed by atoms with E-state index in [4.69, 9.17) is 5.11 Å². The molecule has 17 heavy (non-hydrogen) atoms. The second-order valence-electron chi connectivity index (χ2n) is 4.48. The summed E-state index contributed by atoms with van der Waals surface area (Å²) in [5.74, 6) is 1.09. The summed E-state index contributed by atoms with van der Waals surface area (Å²) in [5, 5.41) is 11.7. The highest BCUT2D eigenvalue weighted by molar-refractivity contribution is 7.99. The zero-order valence-corrected chi connectivity index (χ0v) is 11.1. The summed E-state index contributed by atoms with van der Waals surface area (Å²) in [7, 11) is 0. The van der Waals surface area contributed by atoms with Crippen LogP contribution in [0.1, 0.15) is 26.7 Å². The number of rotatable bonds is 4. The first kappa shape index (κ1) is 14.2. The standard InChI is InChI=1S/C11H20N2O3S/c1-8(2)13(6-10(14)15)11(16)12-9-4-3-5-17-7-9/h8-9H,3-7H2,1-2H3,(H,12,16)(H,14,15). The monoisotopic (exact) mass is 260 g/mol. The lowest BCUT2D eigenvalue weighted by Gasteiger charge is -2.29. The van der Waals surface area contributed by atoms with Gasteiger partial charge < -0.3 is 15.3 Å². The summed E-state index contributed by atoms with van der Waals surface area (Å²) in [6.45, 7) is 3.39. The zero-order valence-electron chi connectivity index (χ0n) is 10.3. The average molecular weight is 260 g/mol. The Hall–Kier alpha value is -0.910. The molecular weight excluding hydrogens is 240 g/mol. The molecule has 0 aromatic heterocycles. The van der Waals surface area contributed by atoms with Crippen molar-refractivity contribution < 1.29 is 14.7 Å². The van der Waals surface area contributed by atoms with E-state index in [-0.39, 0.29) is 24.7 Å². The molecule has 1 heterocycles. The van der Waals surface area contributed by atoms with Gasteiger partial charge in [0, 0.05) is 17.8 Å². The maximum atomic E-state index is 11.9. The Bertz CT molecular complexity index is 278. The largest absolute Gasteiger partial charge is 0.480 e. The minimum Gasteiger partial charge on any atom is -0.480 e. The fourth-order valence-electron chi connectivity index (χ4n) is 1.75. The van der Waals surface area contributed by atoms with Gasteiger partial charge in [-0.2, -0.15) is 11.8 Å². The number of hydrogen-bond donors (Lipinski definition) is 2. The number of hydrogen-bond acceptors (Lipinski definition) is 3. The zero-order chi connectivity index (χ0) is 12.8. The van der Waals surface area contributed by atoms with Gasteiger partial charge in [-0.15, -0.1) is 0 Å². The van der Waals surface area contributed by atoms with Crippen molar-refractivity contribution in [3.63, 3.8) is 0 Å². The number of carboxylic acids is 1. The normalized spacial score (nSPS) is 20.1. The van der Waals surface area contributed by atoms with Crippen LogP contribution >= 0.6 is 11.8 Å². The molecule has 98 valence electrons. The summed E-state index contributed by atoms with van der Waals surface area (Å²) >= 11 is 1.83. The smallest absolute Gasteiger partial charge is 0.323 e. The highest BCUT2D eigenvalue weighted by Gasteiger charge is 2.23. The van der Waals surface area contributed by atoms with Gasteiger partial charge in [0.1, 0.15) is 6.54 Å². The summed E-state index contributed by atoms with van der Waals surface area (Å²) in [6.07, 6.45) is 2.09. The molecule has 1 atom stereocenters. The van der Waals surface area contributed by atoms with Gasteiger partial charge in [-0.05, 0) is 32.4 Å². The van der Waals surface area contributed by atoms with E-state index < -0.39 is 5.97 Å². The van der Waals surface area contributed by atoms with Crippen LogP contribution in [0.4, 0.5) is 4.79 Å². The Morgan fingerprint density at radius 3 is 2.71 bits per heavy atom. The number of carboxylic acid groups (broad SMARTS) is 1. The number of nitrogens with one attached hydrogen (secondary N) is 1. The number of thioether (sulfide) groups is 1. The Balaban J connectivity index is 2.49. The van der Waals surface area contributed by atoms with Gasteiger partial charge >= 0.3 is 12.0 Å². The van der Waals surface area contributed by atoms with Crippen LogP contribution in [0.2, 0.25) is 0 Å². The quantitative estimate of drug-likeness (QED) is 0.801. The predicted molar refractivity (Wildman–Crippen MR) is 68.4 cm³/mol. The van der Waals surface area contributed by atoms with Crippen molar-refractivity contribution in [1.82, 2.24) is 10.2 Å². The molecule has 1 aliphatic heterocycles. The third-order valence-corrected chi connectivity index (χ3v) is 3.89. The highest BCUT2D eigenvalue weighted by atomic mass is 32.2. The van der Waals surface area contributed by atoms with Crippen LogP contribution in [0.15, 0.2) is 0 Å². The van der Waals surface area contributed by atoms with Crippen molar-refractivity contribution in [2.75, 3.05) is 18.1 Å². The molecule has 0 saturated carbocycles. The predicted octanol–water partition coefficient (Wildman–Crippen LogP) is 1.39. The first-order valence-corrected chi connectivity index (χ1v) is 7.03. The molecule has 1 aliphatic rings. The van der Waals surface area contributed by atoms with Crippen molar-refractivity contribution in [2.24, 2.45) is 0 Å². The van der Waals surface area contributed by atoms with Crippen LogP contribution < -0.4 is 5.32 Å². The van der Waals surface area contributed by atoms with Gasteiger partial charge in [0.2, 0.25) is 0 Å². The number of carbonyl (C=O) groups excluding carboxylic acids is 1. The van der Waals surface area contributed by atoms with Gasteiger partial charge in [-0.25, -0.2) is 4.79 Å². The lowest BCUT2D eigenvalue weighted by molar-refractivity contribution is -0.138. The molecule has 1 fully saturated rings. The molecule has 1 rings (SSSR count). The van der Waals surface area contributed by atoms with Crippen molar-refractivity contribution in [1.29, 1.82) is 0 Å². The minimum atomic E-state index is -0.980. The molecule has 1 unspecified atom stereocenters. The van der Waals surface area contributed by atoms with Crippen molar-refractivity contribution in [3.8, 4) is 0 Å². The van der Waals surface area contributed by atoms with E-state index >= 15 is 0 Å². The molecule has 2 amide bonds. The molecule has 0 spiro atoms. The van der Waals surface area contributed by atoms with Crippen LogP contribution in [-0.2, 0) is 4.79 Å². The lowest BCUT2D eigenvalue weighted by atomic mass is 10.2.